The molecule has 1 aromatic heterocycles. The summed E-state index contributed by atoms with van der Waals surface area (Å²) in [7, 11) is 1.27. The molecule has 4 rings (SSSR count). The maximum Gasteiger partial charge on any atom is 0.358 e. The van der Waals surface area contributed by atoms with E-state index in [9.17, 15) is 14.4 Å². The third-order valence-electron chi connectivity index (χ3n) is 6.73. The number of nitrogens with zero attached hydrogens (tertiary/aromatic N) is 3. The fourth-order valence-corrected chi connectivity index (χ4v) is 4.77. The molecule has 0 bridgehead atoms. The lowest BCUT2D eigenvalue weighted by atomic mass is 9.93. The summed E-state index contributed by atoms with van der Waals surface area (Å²) in [6.07, 6.45) is 4.65. The summed E-state index contributed by atoms with van der Waals surface area (Å²) in [4.78, 5) is 40.7. The van der Waals surface area contributed by atoms with Crippen LogP contribution in [-0.2, 0) is 22.5 Å². The Morgan fingerprint density at radius 2 is 1.91 bits per heavy atom. The summed E-state index contributed by atoms with van der Waals surface area (Å²) in [6.45, 7) is 4.81. The molecule has 1 N–H and O–H groups in total. The Labute approximate surface area is 199 Å². The van der Waals surface area contributed by atoms with Gasteiger partial charge in [0.05, 0.1) is 20.3 Å². The van der Waals surface area contributed by atoms with Crippen molar-refractivity contribution in [3.8, 4) is 5.75 Å². The Bertz CT molecular complexity index is 1060. The molecule has 2 amide bonds. The number of methoxy groups -OCH3 is 1. The quantitative estimate of drug-likeness (QED) is 0.598. The van der Waals surface area contributed by atoms with Gasteiger partial charge in [-0.05, 0) is 50.8 Å². The first-order valence-corrected chi connectivity index (χ1v) is 11.9. The van der Waals surface area contributed by atoms with Gasteiger partial charge in [0, 0.05) is 18.7 Å². The minimum absolute atomic E-state index is 0.0535. The van der Waals surface area contributed by atoms with E-state index in [4.69, 9.17) is 9.47 Å². The Morgan fingerprint density at radius 3 is 2.56 bits per heavy atom. The van der Waals surface area contributed by atoms with E-state index in [1.54, 1.807) is 11.8 Å². The van der Waals surface area contributed by atoms with Gasteiger partial charge in [0.1, 0.15) is 17.0 Å². The van der Waals surface area contributed by atoms with E-state index in [1.165, 1.54) is 17.9 Å². The van der Waals surface area contributed by atoms with E-state index in [0.29, 0.717) is 19.6 Å². The van der Waals surface area contributed by atoms with Gasteiger partial charge >= 0.3 is 5.97 Å². The molecule has 2 heterocycles. The lowest BCUT2D eigenvalue weighted by molar-refractivity contribution is -0.133. The van der Waals surface area contributed by atoms with Crippen LogP contribution in [0.1, 0.15) is 66.1 Å². The molecule has 0 spiro atoms. The summed E-state index contributed by atoms with van der Waals surface area (Å²) < 4.78 is 11.7. The fourth-order valence-electron chi connectivity index (χ4n) is 4.77. The highest BCUT2D eigenvalue weighted by Crippen LogP contribution is 2.29. The first-order chi connectivity index (χ1) is 16.4. The molecular formula is C25H32N4O5. The third-order valence-corrected chi connectivity index (χ3v) is 6.73. The molecule has 34 heavy (non-hydrogen) atoms. The molecule has 9 nitrogen and oxygen atoms in total. The van der Waals surface area contributed by atoms with Crippen molar-refractivity contribution in [2.45, 2.75) is 64.1 Å². The molecule has 2 aromatic rings. The first-order valence-electron chi connectivity index (χ1n) is 11.9. The number of benzene rings is 1. The Balaban J connectivity index is 1.60. The minimum atomic E-state index is -1.14. The average molecular weight is 469 g/mol. The molecule has 1 aromatic carbocycles. The number of carbonyl (C=O) groups is 3. The molecule has 1 aliphatic carbocycles. The fraction of sp³-hybridized carbons (Fsp3) is 0.520. The van der Waals surface area contributed by atoms with Crippen LogP contribution in [-0.4, -0.2) is 64.3 Å². The SMILES string of the molecule is CCOc1ccc(CCN2C(=O)c3cc(C(=O)OC)nn3CC2(C)C(=O)NC2CCCC2)cc1. The summed E-state index contributed by atoms with van der Waals surface area (Å²) in [5.41, 5.74) is 0.220. The van der Waals surface area contributed by atoms with Gasteiger partial charge in [-0.3, -0.25) is 14.3 Å². The van der Waals surface area contributed by atoms with Crippen LogP contribution in [0, 0.1) is 0 Å². The lowest BCUT2D eigenvalue weighted by Crippen LogP contribution is -2.65. The van der Waals surface area contributed by atoms with Crippen LogP contribution >= 0.6 is 0 Å². The van der Waals surface area contributed by atoms with E-state index in [-0.39, 0.29) is 35.8 Å². The average Bonchev–Trinajstić information content (AvgIpc) is 3.49. The predicted octanol–water partition coefficient (Wildman–Crippen LogP) is 2.58. The number of hydrogen-bond acceptors (Lipinski definition) is 6. The van der Waals surface area contributed by atoms with Crippen molar-refractivity contribution in [2.24, 2.45) is 0 Å². The number of nitrogens with one attached hydrogen (secondary N) is 1. The van der Waals surface area contributed by atoms with Crippen LogP contribution in [0.15, 0.2) is 30.3 Å². The van der Waals surface area contributed by atoms with Crippen LogP contribution in [0.5, 0.6) is 5.75 Å². The largest absolute Gasteiger partial charge is 0.494 e. The molecule has 0 radical (unpaired) electrons. The van der Waals surface area contributed by atoms with Crippen molar-refractivity contribution in [1.29, 1.82) is 0 Å². The van der Waals surface area contributed by atoms with Gasteiger partial charge in [0.15, 0.2) is 5.69 Å². The van der Waals surface area contributed by atoms with E-state index in [0.717, 1.165) is 37.0 Å². The maximum atomic E-state index is 13.6. The summed E-state index contributed by atoms with van der Waals surface area (Å²) >= 11 is 0. The molecule has 1 aliphatic heterocycles. The standard InChI is InChI=1S/C25H32N4O5/c1-4-34-19-11-9-17(10-12-19)13-14-28-22(30)21-15-20(23(31)33-3)27-29(21)16-25(28,2)24(32)26-18-7-5-6-8-18/h9-12,15,18H,4-8,13-14,16H2,1-3H3,(H,26,32). The van der Waals surface area contributed by atoms with Gasteiger partial charge < -0.3 is 19.7 Å². The maximum absolute atomic E-state index is 13.6. The summed E-state index contributed by atoms with van der Waals surface area (Å²) in [5, 5.41) is 7.41. The van der Waals surface area contributed by atoms with Crippen molar-refractivity contribution >= 4 is 17.8 Å². The number of fused-ring (bicyclic) bond motifs is 1. The lowest BCUT2D eigenvalue weighted by Gasteiger charge is -2.43. The van der Waals surface area contributed by atoms with Crippen LogP contribution in [0.3, 0.4) is 0 Å². The van der Waals surface area contributed by atoms with Gasteiger partial charge in [0.2, 0.25) is 5.91 Å². The van der Waals surface area contributed by atoms with Crippen LogP contribution in [0.25, 0.3) is 0 Å². The van der Waals surface area contributed by atoms with Gasteiger partial charge in [-0.25, -0.2) is 4.79 Å². The second-order valence-corrected chi connectivity index (χ2v) is 9.08. The second kappa shape index (κ2) is 9.87. The Hall–Kier alpha value is -3.36. The zero-order valence-corrected chi connectivity index (χ0v) is 20.0. The van der Waals surface area contributed by atoms with Gasteiger partial charge in [-0.1, -0.05) is 25.0 Å². The van der Waals surface area contributed by atoms with E-state index in [2.05, 4.69) is 10.4 Å². The highest BCUT2D eigenvalue weighted by atomic mass is 16.5. The Morgan fingerprint density at radius 1 is 1.21 bits per heavy atom. The van der Waals surface area contributed by atoms with E-state index in [1.807, 2.05) is 31.2 Å². The van der Waals surface area contributed by atoms with Gasteiger partial charge in [-0.2, -0.15) is 5.10 Å². The van der Waals surface area contributed by atoms with Crippen molar-refractivity contribution < 1.29 is 23.9 Å². The van der Waals surface area contributed by atoms with E-state index >= 15 is 0 Å². The molecule has 9 heteroatoms. The molecule has 1 atom stereocenters. The van der Waals surface area contributed by atoms with Crippen molar-refractivity contribution in [3.05, 3.63) is 47.3 Å². The molecule has 2 aliphatic rings. The topological polar surface area (TPSA) is 103 Å². The third kappa shape index (κ3) is 4.64. The molecule has 1 saturated carbocycles. The number of rotatable bonds is 8. The molecular weight excluding hydrogens is 436 g/mol. The summed E-state index contributed by atoms with van der Waals surface area (Å²) in [5.74, 6) is -0.350. The molecule has 182 valence electrons. The molecule has 0 saturated heterocycles. The molecule has 1 unspecified atom stereocenters. The predicted molar refractivity (Wildman–Crippen MR) is 125 cm³/mol. The van der Waals surface area contributed by atoms with Crippen LogP contribution in [0.4, 0.5) is 0 Å². The minimum Gasteiger partial charge on any atom is -0.494 e. The number of aromatic nitrogens is 2. The van der Waals surface area contributed by atoms with Crippen LogP contribution < -0.4 is 10.1 Å². The number of ether oxygens (including phenoxy) is 2. The Kier molecular flexibility index (Phi) is 6.90. The normalized spacial score (nSPS) is 20.2. The summed E-state index contributed by atoms with van der Waals surface area (Å²) in [6, 6.07) is 9.30. The van der Waals surface area contributed by atoms with Crippen molar-refractivity contribution in [3.63, 3.8) is 0 Å². The second-order valence-electron chi connectivity index (χ2n) is 9.08. The zero-order chi connectivity index (χ0) is 24.3. The highest BCUT2D eigenvalue weighted by molar-refractivity contribution is 6.01. The highest BCUT2D eigenvalue weighted by Gasteiger charge is 2.48. The molecule has 1 fully saturated rings. The first kappa shape index (κ1) is 23.8. The van der Waals surface area contributed by atoms with E-state index < -0.39 is 11.5 Å². The smallest absolute Gasteiger partial charge is 0.358 e. The van der Waals surface area contributed by atoms with Gasteiger partial charge in [0.25, 0.3) is 5.91 Å². The van der Waals surface area contributed by atoms with Crippen LogP contribution in [0.2, 0.25) is 0 Å². The number of esters is 1. The van der Waals surface area contributed by atoms with Gasteiger partial charge in [-0.15, -0.1) is 0 Å². The zero-order valence-electron chi connectivity index (χ0n) is 20.0. The van der Waals surface area contributed by atoms with Crippen molar-refractivity contribution in [2.75, 3.05) is 20.3 Å². The number of hydrogen-bond donors (Lipinski definition) is 1. The monoisotopic (exact) mass is 468 g/mol. The number of amides is 2. The van der Waals surface area contributed by atoms with Crippen molar-refractivity contribution in [1.82, 2.24) is 20.0 Å². The number of carbonyl (C=O) groups excluding carboxylic acids is 3.